The van der Waals surface area contributed by atoms with E-state index >= 15 is 0 Å². The fourth-order valence-corrected chi connectivity index (χ4v) is 9.26. The third-order valence-electron chi connectivity index (χ3n) is 11.6. The van der Waals surface area contributed by atoms with Gasteiger partial charge in [-0.15, -0.1) is 0 Å². The van der Waals surface area contributed by atoms with Crippen molar-refractivity contribution in [2.45, 2.75) is 106 Å². The average Bonchev–Trinajstić information content (AvgIpc) is 2.97. The maximum Gasteiger partial charge on any atom is 0.306 e. The summed E-state index contributed by atoms with van der Waals surface area (Å²) < 4.78 is 0. The zero-order valence-corrected chi connectivity index (χ0v) is 23.1. The minimum atomic E-state index is -0.971. The Kier molecular flexibility index (Phi) is 6.51. The molecule has 0 aromatic carbocycles. The van der Waals surface area contributed by atoms with E-state index in [4.69, 9.17) is 0 Å². The van der Waals surface area contributed by atoms with Gasteiger partial charge in [0.25, 0.3) is 0 Å². The van der Waals surface area contributed by atoms with Gasteiger partial charge in [-0.3, -0.25) is 19.2 Å². The Balaban J connectivity index is 1.70. The number of carboxylic acid groups (broad SMARTS) is 1. The van der Waals surface area contributed by atoms with Gasteiger partial charge in [0.2, 0.25) is 0 Å². The number of ketones is 3. The van der Waals surface area contributed by atoms with Gasteiger partial charge < -0.3 is 10.2 Å². The van der Waals surface area contributed by atoms with Crippen molar-refractivity contribution >= 4 is 23.3 Å². The van der Waals surface area contributed by atoms with Crippen LogP contribution in [-0.4, -0.2) is 39.6 Å². The fourth-order valence-electron chi connectivity index (χ4n) is 9.26. The number of rotatable bonds is 6. The van der Waals surface area contributed by atoms with Crippen molar-refractivity contribution in [3.05, 3.63) is 11.1 Å². The van der Waals surface area contributed by atoms with Crippen molar-refractivity contribution in [1.29, 1.82) is 0 Å². The van der Waals surface area contributed by atoms with E-state index in [1.54, 1.807) is 6.92 Å². The largest absolute Gasteiger partial charge is 0.481 e. The number of hydrogen-bond acceptors (Lipinski definition) is 5. The molecule has 2 N–H and O–H groups in total. The molecule has 0 bridgehead atoms. The lowest BCUT2D eigenvalue weighted by molar-refractivity contribution is -0.143. The number of hydrogen-bond donors (Lipinski definition) is 2. The summed E-state index contributed by atoms with van der Waals surface area (Å²) in [5, 5.41) is 20.8. The maximum absolute atomic E-state index is 14.0. The Hall–Kier alpha value is -1.82. The third-order valence-corrected chi connectivity index (χ3v) is 11.6. The summed E-state index contributed by atoms with van der Waals surface area (Å²) in [7, 11) is 0. The highest BCUT2D eigenvalue weighted by molar-refractivity contribution is 6.00. The van der Waals surface area contributed by atoms with Gasteiger partial charge in [0.05, 0.1) is 12.0 Å². The second-order valence-corrected chi connectivity index (χ2v) is 13.7. The minimum absolute atomic E-state index is 0.00537. The number of allylic oxidation sites excluding steroid dienone is 1. The second-order valence-electron chi connectivity index (χ2n) is 13.7. The highest BCUT2D eigenvalue weighted by Gasteiger charge is 2.68. The number of aliphatic hydroxyl groups is 1. The molecule has 0 aromatic rings. The molecule has 0 radical (unpaired) electrons. The molecule has 0 aromatic heterocycles. The predicted molar refractivity (Wildman–Crippen MR) is 136 cm³/mol. The lowest BCUT2D eigenvalue weighted by Crippen LogP contribution is -2.57. The van der Waals surface area contributed by atoms with Gasteiger partial charge >= 0.3 is 5.97 Å². The number of aliphatic hydroxyl groups excluding tert-OH is 1. The van der Waals surface area contributed by atoms with Crippen LogP contribution in [0.3, 0.4) is 0 Å². The molecule has 4 rings (SSSR count). The Labute approximate surface area is 215 Å². The van der Waals surface area contributed by atoms with Crippen LogP contribution in [0, 0.1) is 45.3 Å². The van der Waals surface area contributed by atoms with E-state index < -0.39 is 34.2 Å². The molecule has 36 heavy (non-hydrogen) atoms. The number of carbonyl (C=O) groups is 4. The highest BCUT2D eigenvalue weighted by Crippen LogP contribution is 2.71. The molecule has 8 atom stereocenters. The molecule has 6 heteroatoms. The Bertz CT molecular complexity index is 1040. The summed E-state index contributed by atoms with van der Waals surface area (Å²) in [6.07, 6.45) is 3.25. The number of aliphatic carboxylic acids is 1. The molecule has 2 fully saturated rings. The van der Waals surface area contributed by atoms with Gasteiger partial charge in [-0.05, 0) is 48.9 Å². The number of carbonyl (C=O) groups excluding carboxylic acids is 3. The normalized spacial score (nSPS) is 41.3. The van der Waals surface area contributed by atoms with E-state index in [9.17, 15) is 29.4 Å². The topological polar surface area (TPSA) is 109 Å². The molecule has 0 aliphatic heterocycles. The van der Waals surface area contributed by atoms with Crippen LogP contribution < -0.4 is 0 Å². The van der Waals surface area contributed by atoms with E-state index in [-0.39, 0.29) is 53.4 Å². The minimum Gasteiger partial charge on any atom is -0.481 e. The van der Waals surface area contributed by atoms with Crippen molar-refractivity contribution in [3.8, 4) is 0 Å². The SMILES string of the molecule is C[C@H](CC(=O)C[C@@H](C)[C@H]1C[C@H](O)[C@@]2(C)C3=C(C(=O)C[C@]12C)[C@@]1(C)CCC(=O)C(C)(C)[C@H]1CC3)C(=O)O. The quantitative estimate of drug-likeness (QED) is 0.521. The molecule has 0 spiro atoms. The van der Waals surface area contributed by atoms with Crippen LogP contribution in [0.25, 0.3) is 0 Å². The van der Waals surface area contributed by atoms with Crippen LogP contribution in [-0.2, 0) is 19.2 Å². The van der Waals surface area contributed by atoms with Crippen LogP contribution >= 0.6 is 0 Å². The maximum atomic E-state index is 14.0. The highest BCUT2D eigenvalue weighted by atomic mass is 16.4. The second kappa shape index (κ2) is 8.61. The van der Waals surface area contributed by atoms with E-state index in [0.717, 1.165) is 24.0 Å². The van der Waals surface area contributed by atoms with Crippen molar-refractivity contribution in [2.24, 2.45) is 45.3 Å². The Morgan fingerprint density at radius 1 is 1.03 bits per heavy atom. The predicted octanol–water partition coefficient (Wildman–Crippen LogP) is 5.16. The first-order chi connectivity index (χ1) is 16.5. The van der Waals surface area contributed by atoms with Crippen LogP contribution in [0.1, 0.15) is 99.8 Å². The first-order valence-corrected chi connectivity index (χ1v) is 13.7. The Morgan fingerprint density at radius 3 is 2.28 bits per heavy atom. The molecule has 0 unspecified atom stereocenters. The van der Waals surface area contributed by atoms with E-state index in [0.29, 0.717) is 25.7 Å². The molecular formula is C30H44O6. The number of Topliss-reactive ketones (excluding diaryl/α,β-unsaturated/α-hetero) is 3. The zero-order chi connectivity index (χ0) is 27.0. The van der Waals surface area contributed by atoms with E-state index in [2.05, 4.69) is 20.8 Å². The van der Waals surface area contributed by atoms with E-state index in [1.807, 2.05) is 20.8 Å². The summed E-state index contributed by atoms with van der Waals surface area (Å²) in [5.74, 6) is -1.29. The van der Waals surface area contributed by atoms with E-state index in [1.165, 1.54) is 0 Å². The van der Waals surface area contributed by atoms with Crippen molar-refractivity contribution < 1.29 is 29.4 Å². The van der Waals surface area contributed by atoms with Gasteiger partial charge in [-0.25, -0.2) is 0 Å². The summed E-state index contributed by atoms with van der Waals surface area (Å²) in [6.45, 7) is 14.1. The van der Waals surface area contributed by atoms with Gasteiger partial charge in [-0.1, -0.05) is 54.0 Å². The van der Waals surface area contributed by atoms with Crippen LogP contribution in [0.4, 0.5) is 0 Å². The van der Waals surface area contributed by atoms with Crippen molar-refractivity contribution in [3.63, 3.8) is 0 Å². The lowest BCUT2D eigenvalue weighted by Gasteiger charge is -2.60. The molecule has 200 valence electrons. The molecular weight excluding hydrogens is 456 g/mol. The van der Waals surface area contributed by atoms with Crippen LogP contribution in [0.2, 0.25) is 0 Å². The summed E-state index contributed by atoms with van der Waals surface area (Å²) in [5.41, 5.74) is 0.108. The van der Waals surface area contributed by atoms with Gasteiger partial charge in [0, 0.05) is 47.5 Å². The monoisotopic (exact) mass is 500 g/mol. The van der Waals surface area contributed by atoms with Crippen molar-refractivity contribution in [1.82, 2.24) is 0 Å². The number of fused-ring (bicyclic) bond motifs is 4. The van der Waals surface area contributed by atoms with Crippen LogP contribution in [0.5, 0.6) is 0 Å². The number of carboxylic acids is 1. The van der Waals surface area contributed by atoms with Crippen molar-refractivity contribution in [2.75, 3.05) is 0 Å². The first kappa shape index (κ1) is 27.2. The fraction of sp³-hybridized carbons (Fsp3) is 0.800. The lowest BCUT2D eigenvalue weighted by atomic mass is 9.43. The summed E-state index contributed by atoms with van der Waals surface area (Å²) >= 11 is 0. The molecule has 2 saturated carbocycles. The molecule has 0 heterocycles. The van der Waals surface area contributed by atoms with Crippen LogP contribution in [0.15, 0.2) is 11.1 Å². The first-order valence-electron chi connectivity index (χ1n) is 13.7. The average molecular weight is 501 g/mol. The smallest absolute Gasteiger partial charge is 0.306 e. The van der Waals surface area contributed by atoms with Gasteiger partial charge in [0.15, 0.2) is 5.78 Å². The molecule has 4 aliphatic carbocycles. The molecule has 0 amide bonds. The molecule has 6 nitrogen and oxygen atoms in total. The summed E-state index contributed by atoms with van der Waals surface area (Å²) in [6, 6.07) is 0. The van der Waals surface area contributed by atoms with Gasteiger partial charge in [0.1, 0.15) is 11.6 Å². The summed E-state index contributed by atoms with van der Waals surface area (Å²) in [4.78, 5) is 50.8. The zero-order valence-electron chi connectivity index (χ0n) is 23.1. The molecule has 4 aliphatic rings. The molecule has 0 saturated heterocycles. The Morgan fingerprint density at radius 2 is 1.67 bits per heavy atom. The van der Waals surface area contributed by atoms with Gasteiger partial charge in [-0.2, -0.15) is 0 Å². The third kappa shape index (κ3) is 3.60. The standard InChI is InChI=1S/C30H44O6/c1-16(12-18(31)13-17(2)26(35)36)20-14-24(34)30(7)19-8-9-22-27(3,4)23(33)10-11-28(22,5)25(19)21(32)15-29(20,30)6/h16-17,20,22,24,34H,8-15H2,1-7H3,(H,35,36)/t16-,17-,20-,22-,24+,28+,29-,30-/m1/s1.